The lowest BCUT2D eigenvalue weighted by Crippen LogP contribution is -2.41. The van der Waals surface area contributed by atoms with E-state index >= 15 is 0 Å². The van der Waals surface area contributed by atoms with E-state index in [9.17, 15) is 25.3 Å². The normalized spacial score (nSPS) is 21.8. The quantitative estimate of drug-likeness (QED) is 0.587. The molecule has 1 heterocycles. The topological polar surface area (TPSA) is 140 Å². The molecule has 108 valence electrons. The molecule has 1 aliphatic rings. The second-order valence-corrected chi connectivity index (χ2v) is 10.2. The van der Waals surface area contributed by atoms with Crippen LogP contribution >= 0.6 is 0 Å². The van der Waals surface area contributed by atoms with E-state index in [0.717, 1.165) is 0 Å². The molecule has 0 saturated carbocycles. The monoisotopic (exact) mass is 320 g/mol. The summed E-state index contributed by atoms with van der Waals surface area (Å²) in [6.07, 6.45) is 0.0695. The second kappa shape index (κ2) is 5.41. The standard InChI is InChI=1S/C7H16N2O6S3/c8-17(12,13)6-3-9-18(14,15)7-1-4-16(10,11)5-2-7/h7,9H,1-6H2,(H2,8,12,13). The van der Waals surface area contributed by atoms with Gasteiger partial charge in [-0.3, -0.25) is 0 Å². The van der Waals surface area contributed by atoms with E-state index < -0.39 is 40.9 Å². The van der Waals surface area contributed by atoms with Crippen molar-refractivity contribution in [2.45, 2.75) is 18.1 Å². The molecule has 3 N–H and O–H groups in total. The highest BCUT2D eigenvalue weighted by Crippen LogP contribution is 2.18. The van der Waals surface area contributed by atoms with E-state index in [1.54, 1.807) is 0 Å². The van der Waals surface area contributed by atoms with Crippen LogP contribution in [0.4, 0.5) is 0 Å². The van der Waals surface area contributed by atoms with Crippen LogP contribution in [0, 0.1) is 0 Å². The van der Waals surface area contributed by atoms with Gasteiger partial charge in [0.1, 0.15) is 9.84 Å². The molecule has 11 heteroatoms. The molecule has 1 rings (SSSR count). The Morgan fingerprint density at radius 2 is 1.61 bits per heavy atom. The number of sulfonamides is 2. The van der Waals surface area contributed by atoms with Gasteiger partial charge in [-0.05, 0) is 12.8 Å². The summed E-state index contributed by atoms with van der Waals surface area (Å²) in [4.78, 5) is 0. The Morgan fingerprint density at radius 3 is 2.06 bits per heavy atom. The van der Waals surface area contributed by atoms with Crippen LogP contribution in [0.5, 0.6) is 0 Å². The van der Waals surface area contributed by atoms with Crippen molar-refractivity contribution in [2.75, 3.05) is 23.8 Å². The second-order valence-electron chi connectivity index (χ2n) is 4.16. The predicted octanol–water partition coefficient (Wildman–Crippen LogP) is -2.23. The van der Waals surface area contributed by atoms with Crippen LogP contribution in [0.3, 0.4) is 0 Å². The number of sulfone groups is 1. The molecule has 1 saturated heterocycles. The van der Waals surface area contributed by atoms with Gasteiger partial charge in [-0.15, -0.1) is 0 Å². The summed E-state index contributed by atoms with van der Waals surface area (Å²) in [6, 6.07) is 0. The highest BCUT2D eigenvalue weighted by atomic mass is 32.2. The zero-order valence-electron chi connectivity index (χ0n) is 9.57. The summed E-state index contributed by atoms with van der Waals surface area (Å²) in [5, 5.41) is 3.95. The maximum Gasteiger partial charge on any atom is 0.214 e. The number of hydrogen-bond donors (Lipinski definition) is 2. The van der Waals surface area contributed by atoms with Crippen molar-refractivity contribution in [1.82, 2.24) is 4.72 Å². The van der Waals surface area contributed by atoms with Gasteiger partial charge in [0, 0.05) is 6.54 Å². The summed E-state index contributed by atoms with van der Waals surface area (Å²) >= 11 is 0. The first kappa shape index (κ1) is 15.8. The maximum absolute atomic E-state index is 11.7. The Balaban J connectivity index is 2.55. The molecular weight excluding hydrogens is 304 g/mol. The third-order valence-electron chi connectivity index (χ3n) is 2.63. The van der Waals surface area contributed by atoms with Crippen molar-refractivity contribution in [3.05, 3.63) is 0 Å². The number of hydrogen-bond acceptors (Lipinski definition) is 6. The molecule has 0 aromatic rings. The molecule has 0 aromatic carbocycles. The molecule has 0 atom stereocenters. The molecule has 0 aliphatic carbocycles. The average molecular weight is 320 g/mol. The van der Waals surface area contributed by atoms with Gasteiger partial charge in [0.05, 0.1) is 22.5 Å². The largest absolute Gasteiger partial charge is 0.229 e. The van der Waals surface area contributed by atoms with Gasteiger partial charge in [0.15, 0.2) is 0 Å². The molecule has 0 aromatic heterocycles. The van der Waals surface area contributed by atoms with Gasteiger partial charge >= 0.3 is 0 Å². The van der Waals surface area contributed by atoms with Crippen molar-refractivity contribution in [3.8, 4) is 0 Å². The Kier molecular flexibility index (Phi) is 4.76. The summed E-state index contributed by atoms with van der Waals surface area (Å²) in [6.45, 7) is -0.301. The van der Waals surface area contributed by atoms with E-state index in [1.807, 2.05) is 0 Å². The van der Waals surface area contributed by atoms with Crippen molar-refractivity contribution in [3.63, 3.8) is 0 Å². The minimum absolute atomic E-state index is 0.0348. The van der Waals surface area contributed by atoms with Gasteiger partial charge in [0.25, 0.3) is 0 Å². The van der Waals surface area contributed by atoms with E-state index in [-0.39, 0.29) is 30.9 Å². The average Bonchev–Trinajstić information content (AvgIpc) is 2.14. The van der Waals surface area contributed by atoms with Crippen molar-refractivity contribution in [2.24, 2.45) is 5.14 Å². The molecule has 1 aliphatic heterocycles. The van der Waals surface area contributed by atoms with E-state index in [2.05, 4.69) is 4.72 Å². The van der Waals surface area contributed by atoms with Crippen LogP contribution < -0.4 is 9.86 Å². The number of nitrogens with one attached hydrogen (secondary N) is 1. The van der Waals surface area contributed by atoms with Crippen molar-refractivity contribution >= 4 is 29.9 Å². The first-order valence-corrected chi connectivity index (χ1v) is 10.3. The van der Waals surface area contributed by atoms with Gasteiger partial charge in [-0.25, -0.2) is 35.1 Å². The lowest BCUT2D eigenvalue weighted by molar-refractivity contribution is 0.544. The maximum atomic E-state index is 11.7. The fourth-order valence-electron chi connectivity index (χ4n) is 1.62. The highest BCUT2D eigenvalue weighted by Gasteiger charge is 2.32. The molecule has 8 nitrogen and oxygen atoms in total. The summed E-state index contributed by atoms with van der Waals surface area (Å²) in [5.74, 6) is -0.807. The number of primary sulfonamides is 1. The molecule has 0 unspecified atom stereocenters. The Labute approximate surface area is 107 Å². The summed E-state index contributed by atoms with van der Waals surface area (Å²) in [5.41, 5.74) is 0. The van der Waals surface area contributed by atoms with E-state index in [1.165, 1.54) is 0 Å². The molecule has 0 amide bonds. The zero-order chi connectivity index (χ0) is 14.0. The lowest BCUT2D eigenvalue weighted by Gasteiger charge is -2.22. The van der Waals surface area contributed by atoms with Crippen LogP contribution in [0.25, 0.3) is 0 Å². The molecule has 1 fully saturated rings. The zero-order valence-corrected chi connectivity index (χ0v) is 12.0. The van der Waals surface area contributed by atoms with Crippen LogP contribution in [-0.2, 0) is 29.9 Å². The minimum atomic E-state index is -3.72. The Morgan fingerprint density at radius 1 is 1.11 bits per heavy atom. The fourth-order valence-corrected chi connectivity index (χ4v) is 5.41. The third kappa shape index (κ3) is 5.18. The molecule has 0 spiro atoms. The highest BCUT2D eigenvalue weighted by molar-refractivity contribution is 7.92. The van der Waals surface area contributed by atoms with Crippen molar-refractivity contribution < 1.29 is 25.3 Å². The first-order chi connectivity index (χ1) is 8.02. The van der Waals surface area contributed by atoms with Crippen LogP contribution in [0.15, 0.2) is 0 Å². The fraction of sp³-hybridized carbons (Fsp3) is 1.00. The smallest absolute Gasteiger partial charge is 0.214 e. The Hall–Kier alpha value is -0.230. The lowest BCUT2D eigenvalue weighted by atomic mass is 10.2. The molecule has 0 bridgehead atoms. The SMILES string of the molecule is NS(=O)(=O)CCNS(=O)(=O)C1CCS(=O)(=O)CC1. The number of nitrogens with two attached hydrogens (primary N) is 1. The number of rotatable bonds is 5. The van der Waals surface area contributed by atoms with Gasteiger partial charge in [-0.1, -0.05) is 0 Å². The predicted molar refractivity (Wildman–Crippen MR) is 66.6 cm³/mol. The Bertz CT molecular complexity index is 577. The van der Waals surface area contributed by atoms with Gasteiger partial charge in [0.2, 0.25) is 20.0 Å². The minimum Gasteiger partial charge on any atom is -0.229 e. The van der Waals surface area contributed by atoms with Crippen LogP contribution in [-0.4, -0.2) is 54.3 Å². The third-order valence-corrected chi connectivity index (χ3v) is 7.07. The molecular formula is C7H16N2O6S3. The molecule has 18 heavy (non-hydrogen) atoms. The van der Waals surface area contributed by atoms with Crippen molar-refractivity contribution in [1.29, 1.82) is 0 Å². The van der Waals surface area contributed by atoms with E-state index in [0.29, 0.717) is 0 Å². The van der Waals surface area contributed by atoms with Gasteiger partial charge in [-0.2, -0.15) is 0 Å². The summed E-state index contributed by atoms with van der Waals surface area (Å²) < 4.78 is 69.2. The first-order valence-electron chi connectivity index (χ1n) is 5.21. The van der Waals surface area contributed by atoms with Gasteiger partial charge < -0.3 is 0 Å². The van der Waals surface area contributed by atoms with Crippen LogP contribution in [0.1, 0.15) is 12.8 Å². The summed E-state index contributed by atoms with van der Waals surface area (Å²) in [7, 11) is -10.5. The van der Waals surface area contributed by atoms with Crippen LogP contribution in [0.2, 0.25) is 0 Å². The molecule has 0 radical (unpaired) electrons. The van der Waals surface area contributed by atoms with E-state index in [4.69, 9.17) is 5.14 Å².